The van der Waals surface area contributed by atoms with Crippen molar-refractivity contribution >= 4 is 34.4 Å². The summed E-state index contributed by atoms with van der Waals surface area (Å²) in [5.41, 5.74) is 5.03. The van der Waals surface area contributed by atoms with E-state index in [1.165, 1.54) is 17.3 Å². The Bertz CT molecular complexity index is 1310. The second kappa shape index (κ2) is 11.1. The lowest BCUT2D eigenvalue weighted by molar-refractivity contribution is -0.129. The van der Waals surface area contributed by atoms with Gasteiger partial charge in [0.2, 0.25) is 5.91 Å². The summed E-state index contributed by atoms with van der Waals surface area (Å²) in [4.78, 5) is 35.8. The van der Waals surface area contributed by atoms with Crippen molar-refractivity contribution in [1.82, 2.24) is 9.80 Å². The van der Waals surface area contributed by atoms with Gasteiger partial charge in [-0.3, -0.25) is 9.59 Å². The predicted octanol–water partition coefficient (Wildman–Crippen LogP) is 6.04. The van der Waals surface area contributed by atoms with Crippen LogP contribution in [0.5, 0.6) is 5.75 Å². The quantitative estimate of drug-likeness (QED) is 0.472. The molecule has 0 radical (unpaired) electrons. The number of amidine groups is 1. The largest absolute Gasteiger partial charge is 0.497 e. The number of hydrogen-bond acceptors (Lipinski definition) is 6. The summed E-state index contributed by atoms with van der Waals surface area (Å²) in [5, 5.41) is 5.86. The van der Waals surface area contributed by atoms with E-state index in [0.717, 1.165) is 48.1 Å². The van der Waals surface area contributed by atoms with Crippen LogP contribution in [0.2, 0.25) is 0 Å². The highest BCUT2D eigenvalue weighted by atomic mass is 32.2. The number of amides is 2. The fraction of sp³-hybridized carbons (Fsp3) is 0.367. The molecule has 3 heterocycles. The van der Waals surface area contributed by atoms with Crippen LogP contribution in [0.15, 0.2) is 75.9 Å². The zero-order valence-electron chi connectivity index (χ0n) is 22.4. The van der Waals surface area contributed by atoms with E-state index in [2.05, 4.69) is 48.3 Å². The molecule has 0 spiro atoms. The highest BCUT2D eigenvalue weighted by molar-refractivity contribution is 8.16. The van der Waals surface area contributed by atoms with Gasteiger partial charge >= 0.3 is 0 Å². The Morgan fingerprint density at radius 2 is 1.76 bits per heavy atom. The lowest BCUT2D eigenvalue weighted by Crippen LogP contribution is -2.39. The Labute approximate surface area is 228 Å². The Morgan fingerprint density at radius 1 is 1.08 bits per heavy atom. The van der Waals surface area contributed by atoms with E-state index in [9.17, 15) is 9.59 Å². The molecule has 0 bridgehead atoms. The van der Waals surface area contributed by atoms with Crippen molar-refractivity contribution in [3.63, 3.8) is 0 Å². The number of thioether (sulfide) groups is 1. The molecule has 2 aromatic rings. The number of anilines is 1. The molecule has 1 unspecified atom stereocenters. The third-order valence-corrected chi connectivity index (χ3v) is 8.19. The first-order valence-electron chi connectivity index (χ1n) is 13.1. The lowest BCUT2D eigenvalue weighted by atomic mass is 9.91. The van der Waals surface area contributed by atoms with Gasteiger partial charge in [0.1, 0.15) is 5.75 Å². The first-order valence-corrected chi connectivity index (χ1v) is 14.0. The molecule has 3 aliphatic rings. The molecule has 1 fully saturated rings. The van der Waals surface area contributed by atoms with Crippen molar-refractivity contribution in [2.45, 2.75) is 52.0 Å². The van der Waals surface area contributed by atoms with E-state index in [1.54, 1.807) is 7.11 Å². The Hall–Kier alpha value is -3.52. The number of hydrogen-bond donors (Lipinski definition) is 1. The zero-order valence-corrected chi connectivity index (χ0v) is 23.2. The van der Waals surface area contributed by atoms with Crippen LogP contribution in [0, 0.1) is 0 Å². The minimum Gasteiger partial charge on any atom is -0.497 e. The highest BCUT2D eigenvalue weighted by Gasteiger charge is 2.41. The van der Waals surface area contributed by atoms with Gasteiger partial charge in [-0.05, 0) is 66.5 Å². The van der Waals surface area contributed by atoms with Crippen molar-refractivity contribution in [3.8, 4) is 5.75 Å². The third-order valence-electron chi connectivity index (χ3n) is 7.30. The van der Waals surface area contributed by atoms with Crippen LogP contribution >= 0.6 is 11.8 Å². The number of nitrogens with zero attached hydrogens (tertiary/aromatic N) is 3. The molecule has 1 atom stereocenters. The van der Waals surface area contributed by atoms with Gasteiger partial charge in [0, 0.05) is 24.5 Å². The number of carbonyl (C=O) groups is 2. The summed E-state index contributed by atoms with van der Waals surface area (Å²) in [5.74, 6) is 1.04. The summed E-state index contributed by atoms with van der Waals surface area (Å²) < 4.78 is 5.25. The molecule has 1 saturated heterocycles. The van der Waals surface area contributed by atoms with Gasteiger partial charge in [-0.2, -0.15) is 0 Å². The molecule has 7 nitrogen and oxygen atoms in total. The molecule has 2 aromatic carbocycles. The monoisotopic (exact) mass is 530 g/mol. The predicted molar refractivity (Wildman–Crippen MR) is 153 cm³/mol. The summed E-state index contributed by atoms with van der Waals surface area (Å²) in [6.07, 6.45) is 2.40. The topological polar surface area (TPSA) is 74.2 Å². The number of carbonyl (C=O) groups excluding carboxylic acids is 2. The molecular weight excluding hydrogens is 496 g/mol. The third kappa shape index (κ3) is 5.23. The van der Waals surface area contributed by atoms with E-state index in [1.807, 2.05) is 41.5 Å². The van der Waals surface area contributed by atoms with Gasteiger partial charge in [-0.1, -0.05) is 49.9 Å². The average molecular weight is 531 g/mol. The highest BCUT2D eigenvalue weighted by Crippen LogP contribution is 2.45. The number of aliphatic imine (C=N–C) groups is 1. The van der Waals surface area contributed by atoms with Gasteiger partial charge in [-0.25, -0.2) is 4.99 Å². The van der Waals surface area contributed by atoms with Crippen LogP contribution in [0.25, 0.3) is 0 Å². The second-order valence-corrected chi connectivity index (χ2v) is 11.0. The molecule has 5 rings (SSSR count). The zero-order chi connectivity index (χ0) is 26.8. The van der Waals surface area contributed by atoms with Gasteiger partial charge < -0.3 is 19.9 Å². The molecule has 38 heavy (non-hydrogen) atoms. The van der Waals surface area contributed by atoms with Gasteiger partial charge in [0.15, 0.2) is 5.17 Å². The summed E-state index contributed by atoms with van der Waals surface area (Å²) >= 11 is 1.51. The van der Waals surface area contributed by atoms with Crippen molar-refractivity contribution in [1.29, 1.82) is 0 Å². The molecule has 1 N–H and O–H groups in total. The van der Waals surface area contributed by atoms with E-state index < -0.39 is 6.04 Å². The molecule has 198 valence electrons. The maximum absolute atomic E-state index is 13.8. The van der Waals surface area contributed by atoms with Crippen LogP contribution in [-0.4, -0.2) is 47.0 Å². The maximum atomic E-state index is 13.8. The van der Waals surface area contributed by atoms with Crippen LogP contribution in [0.3, 0.4) is 0 Å². The number of nitrogens with one attached hydrogen (secondary N) is 1. The molecule has 8 heteroatoms. The molecule has 0 aliphatic carbocycles. The maximum Gasteiger partial charge on any atom is 0.255 e. The Kier molecular flexibility index (Phi) is 7.61. The van der Waals surface area contributed by atoms with Crippen molar-refractivity contribution in [2.24, 2.45) is 4.99 Å². The lowest BCUT2D eigenvalue weighted by Gasteiger charge is -2.37. The minimum atomic E-state index is -0.394. The number of benzene rings is 2. The number of fused-ring (bicyclic) bond motifs is 1. The van der Waals surface area contributed by atoms with Crippen LogP contribution in [-0.2, 0) is 9.59 Å². The fourth-order valence-electron chi connectivity index (χ4n) is 5.14. The van der Waals surface area contributed by atoms with Crippen molar-refractivity contribution in [2.75, 3.05) is 25.5 Å². The average Bonchev–Trinajstić information content (AvgIpc) is 3.59. The SMILES string of the molecule is COc1ccc(NC(=O)C2=C(C)N=C3SC=C(CC(=O)N4CCCC4)N3C2c2ccc(C(C)C)cc2)cc1. The van der Waals surface area contributed by atoms with Gasteiger partial charge in [0.05, 0.1) is 30.8 Å². The first kappa shape index (κ1) is 26.1. The van der Waals surface area contributed by atoms with Gasteiger partial charge in [0.25, 0.3) is 5.91 Å². The Balaban J connectivity index is 1.50. The molecule has 0 saturated carbocycles. The number of methoxy groups -OCH3 is 1. The van der Waals surface area contributed by atoms with Crippen molar-refractivity contribution < 1.29 is 14.3 Å². The van der Waals surface area contributed by atoms with Crippen LogP contribution < -0.4 is 10.1 Å². The summed E-state index contributed by atoms with van der Waals surface area (Å²) in [6, 6.07) is 15.3. The normalized spacial score (nSPS) is 18.9. The molecule has 2 amide bonds. The van der Waals surface area contributed by atoms with E-state index in [-0.39, 0.29) is 11.8 Å². The second-order valence-electron chi connectivity index (χ2n) is 10.2. The molecule has 0 aromatic heterocycles. The summed E-state index contributed by atoms with van der Waals surface area (Å²) in [6.45, 7) is 7.85. The van der Waals surface area contributed by atoms with Crippen LogP contribution in [0.4, 0.5) is 5.69 Å². The number of likely N-dealkylation sites (tertiary alicyclic amines) is 1. The molecular formula is C30H34N4O3S. The molecule has 3 aliphatic heterocycles. The van der Waals surface area contributed by atoms with E-state index in [4.69, 9.17) is 9.73 Å². The number of ether oxygens (including phenoxy) is 1. The van der Waals surface area contributed by atoms with E-state index in [0.29, 0.717) is 29.3 Å². The van der Waals surface area contributed by atoms with E-state index >= 15 is 0 Å². The fourth-order valence-corrected chi connectivity index (χ4v) is 6.11. The first-order chi connectivity index (χ1) is 18.4. The number of rotatable bonds is 7. The standard InChI is InChI=1S/C30H34N4O3S/c1-19(2)21-7-9-22(10-8-21)28-27(29(36)32-23-11-13-25(37-4)14-12-23)20(3)31-30-34(28)24(18-38-30)17-26(35)33-15-5-6-16-33/h7-14,18-19,28H,5-6,15-17H2,1-4H3,(H,32,36). The summed E-state index contributed by atoms with van der Waals surface area (Å²) in [7, 11) is 1.61. The van der Waals surface area contributed by atoms with Gasteiger partial charge in [-0.15, -0.1) is 0 Å². The Morgan fingerprint density at radius 3 is 2.39 bits per heavy atom. The van der Waals surface area contributed by atoms with Crippen LogP contribution in [0.1, 0.15) is 63.1 Å². The minimum absolute atomic E-state index is 0.125. The van der Waals surface area contributed by atoms with Crippen molar-refractivity contribution in [3.05, 3.63) is 82.0 Å². The smallest absolute Gasteiger partial charge is 0.255 e. The number of allylic oxidation sites excluding steroid dienone is 1.